The number of nitrogens with one attached hydrogen (secondary N) is 3. The molecule has 0 fully saturated rings. The van der Waals surface area contributed by atoms with Gasteiger partial charge in [0.1, 0.15) is 23.9 Å². The Kier molecular flexibility index (Phi) is 11.0. The number of aromatic hydroxyl groups is 1. The van der Waals surface area contributed by atoms with Crippen LogP contribution in [-0.2, 0) is 25.6 Å². The minimum atomic E-state index is -1.21. The Bertz CT molecular complexity index is 804. The minimum Gasteiger partial charge on any atom is -0.508 e. The zero-order chi connectivity index (χ0) is 24.4. The minimum absolute atomic E-state index is 0.0640. The van der Waals surface area contributed by atoms with Gasteiger partial charge in [-0.1, -0.05) is 32.4 Å². The standard InChI is InChI=1S/C21H32N4O6S/c1-4-11(2)17(20(29)24-16(10-32)19(28)23-12(3)21(30)31)25-18(27)15(22)9-13-5-7-14(26)8-6-13/h5-8,11-12,15-17,26,32H,4,9-10,22H2,1-3H3,(H,23,28)(H,24,29)(H,25,27)(H,30,31). The molecule has 5 unspecified atom stereocenters. The fraction of sp³-hybridized carbons (Fsp3) is 0.524. The largest absolute Gasteiger partial charge is 0.508 e. The number of phenols is 1. The summed E-state index contributed by atoms with van der Waals surface area (Å²) in [6.45, 7) is 4.93. The smallest absolute Gasteiger partial charge is 0.325 e. The number of phenolic OH excluding ortho intramolecular Hbond substituents is 1. The normalized spacial score (nSPS) is 15.5. The van der Waals surface area contributed by atoms with Crippen molar-refractivity contribution in [2.45, 2.75) is 57.8 Å². The van der Waals surface area contributed by atoms with E-state index < -0.39 is 47.9 Å². The number of nitrogens with two attached hydrogens (primary N) is 1. The van der Waals surface area contributed by atoms with Gasteiger partial charge in [0.2, 0.25) is 17.7 Å². The van der Waals surface area contributed by atoms with Crippen molar-refractivity contribution in [3.8, 4) is 5.75 Å². The van der Waals surface area contributed by atoms with Crippen molar-refractivity contribution in [1.82, 2.24) is 16.0 Å². The van der Waals surface area contributed by atoms with Crippen LogP contribution in [0.15, 0.2) is 24.3 Å². The highest BCUT2D eigenvalue weighted by Crippen LogP contribution is 2.12. The molecule has 10 nitrogen and oxygen atoms in total. The zero-order valence-corrected chi connectivity index (χ0v) is 19.3. The van der Waals surface area contributed by atoms with E-state index in [1.807, 2.05) is 6.92 Å². The molecule has 0 aliphatic heterocycles. The molecule has 0 spiro atoms. The molecule has 3 amide bonds. The summed E-state index contributed by atoms with van der Waals surface area (Å²) < 4.78 is 0. The molecule has 0 aromatic heterocycles. The van der Waals surface area contributed by atoms with E-state index in [4.69, 9.17) is 10.8 Å². The van der Waals surface area contributed by atoms with E-state index in [0.717, 1.165) is 5.56 Å². The van der Waals surface area contributed by atoms with E-state index >= 15 is 0 Å². The van der Waals surface area contributed by atoms with Crippen LogP contribution in [-0.4, -0.2) is 63.8 Å². The molecular formula is C21H32N4O6S. The number of carbonyl (C=O) groups is 4. The van der Waals surface area contributed by atoms with E-state index in [9.17, 15) is 24.3 Å². The van der Waals surface area contributed by atoms with Gasteiger partial charge in [0.15, 0.2) is 0 Å². The van der Waals surface area contributed by atoms with Gasteiger partial charge in [0, 0.05) is 5.75 Å². The predicted molar refractivity (Wildman–Crippen MR) is 122 cm³/mol. The SMILES string of the molecule is CCC(C)C(NC(=O)C(N)Cc1ccc(O)cc1)C(=O)NC(CS)C(=O)NC(C)C(=O)O. The van der Waals surface area contributed by atoms with Crippen molar-refractivity contribution in [2.75, 3.05) is 5.75 Å². The van der Waals surface area contributed by atoms with Crippen molar-refractivity contribution in [3.05, 3.63) is 29.8 Å². The average molecular weight is 469 g/mol. The third-order valence-electron chi connectivity index (χ3n) is 5.07. The first-order valence-electron chi connectivity index (χ1n) is 10.3. The molecule has 178 valence electrons. The second-order valence-electron chi connectivity index (χ2n) is 7.66. The van der Waals surface area contributed by atoms with Crippen molar-refractivity contribution >= 4 is 36.3 Å². The average Bonchev–Trinajstić information content (AvgIpc) is 2.75. The van der Waals surface area contributed by atoms with Gasteiger partial charge in [-0.3, -0.25) is 19.2 Å². The molecule has 1 rings (SSSR count). The first-order chi connectivity index (χ1) is 15.0. The molecular weight excluding hydrogens is 436 g/mol. The van der Waals surface area contributed by atoms with Gasteiger partial charge in [-0.2, -0.15) is 12.6 Å². The first kappa shape index (κ1) is 27.2. The number of aliphatic carboxylic acids is 1. The Morgan fingerprint density at radius 1 is 1.00 bits per heavy atom. The van der Waals surface area contributed by atoms with Crippen molar-refractivity contribution in [3.63, 3.8) is 0 Å². The van der Waals surface area contributed by atoms with E-state index in [2.05, 4.69) is 28.6 Å². The van der Waals surface area contributed by atoms with Gasteiger partial charge in [0.25, 0.3) is 0 Å². The van der Waals surface area contributed by atoms with Crippen molar-refractivity contribution in [2.24, 2.45) is 11.7 Å². The summed E-state index contributed by atoms with van der Waals surface area (Å²) in [5, 5.41) is 25.7. The highest BCUT2D eigenvalue weighted by atomic mass is 32.1. The number of carboxylic acids is 1. The van der Waals surface area contributed by atoms with Gasteiger partial charge in [-0.05, 0) is 37.0 Å². The molecule has 0 saturated carbocycles. The van der Waals surface area contributed by atoms with E-state index in [0.29, 0.717) is 6.42 Å². The second kappa shape index (κ2) is 12.9. The molecule has 0 aliphatic rings. The van der Waals surface area contributed by atoms with E-state index in [1.165, 1.54) is 19.1 Å². The van der Waals surface area contributed by atoms with Gasteiger partial charge in [-0.15, -0.1) is 0 Å². The molecule has 0 aliphatic carbocycles. The summed E-state index contributed by atoms with van der Waals surface area (Å²) in [7, 11) is 0. The molecule has 0 saturated heterocycles. The maximum Gasteiger partial charge on any atom is 0.325 e. The van der Waals surface area contributed by atoms with Crippen LogP contribution in [0.1, 0.15) is 32.8 Å². The van der Waals surface area contributed by atoms with Gasteiger partial charge in [-0.25, -0.2) is 0 Å². The summed E-state index contributed by atoms with van der Waals surface area (Å²) >= 11 is 4.06. The van der Waals surface area contributed by atoms with Crippen LogP contribution >= 0.6 is 12.6 Å². The van der Waals surface area contributed by atoms with Crippen molar-refractivity contribution < 1.29 is 29.4 Å². The zero-order valence-electron chi connectivity index (χ0n) is 18.4. The lowest BCUT2D eigenvalue weighted by molar-refractivity contribution is -0.141. The fourth-order valence-corrected chi connectivity index (χ4v) is 3.03. The third-order valence-corrected chi connectivity index (χ3v) is 5.43. The van der Waals surface area contributed by atoms with Crippen LogP contribution in [0.3, 0.4) is 0 Å². The summed E-state index contributed by atoms with van der Waals surface area (Å²) in [6, 6.07) is 2.17. The number of benzene rings is 1. The summed E-state index contributed by atoms with van der Waals surface area (Å²) in [5.74, 6) is -3.27. The number of hydrogen-bond acceptors (Lipinski definition) is 7. The molecule has 5 atom stereocenters. The quantitative estimate of drug-likeness (QED) is 0.208. The predicted octanol–water partition coefficient (Wildman–Crippen LogP) is -0.203. The highest BCUT2D eigenvalue weighted by Gasteiger charge is 2.31. The Hall–Kier alpha value is -2.79. The van der Waals surface area contributed by atoms with Gasteiger partial charge in [0.05, 0.1) is 6.04 Å². The second-order valence-corrected chi connectivity index (χ2v) is 8.03. The number of hydrogen-bond donors (Lipinski definition) is 7. The van der Waals surface area contributed by atoms with Crippen LogP contribution in [0.2, 0.25) is 0 Å². The van der Waals surface area contributed by atoms with Gasteiger partial charge >= 0.3 is 5.97 Å². The Morgan fingerprint density at radius 2 is 1.59 bits per heavy atom. The van der Waals surface area contributed by atoms with Gasteiger partial charge < -0.3 is 31.9 Å². The summed E-state index contributed by atoms with van der Waals surface area (Å²) in [4.78, 5) is 48.7. The van der Waals surface area contributed by atoms with Crippen LogP contribution in [0.4, 0.5) is 0 Å². The maximum absolute atomic E-state index is 12.9. The Balaban J connectivity index is 2.83. The lowest BCUT2D eigenvalue weighted by Crippen LogP contribution is -2.59. The monoisotopic (exact) mass is 468 g/mol. The number of carbonyl (C=O) groups excluding carboxylic acids is 3. The number of carboxylic acid groups (broad SMARTS) is 1. The Morgan fingerprint density at radius 3 is 2.09 bits per heavy atom. The van der Waals surface area contributed by atoms with Crippen LogP contribution in [0.5, 0.6) is 5.75 Å². The topological polar surface area (TPSA) is 171 Å². The number of amides is 3. The van der Waals surface area contributed by atoms with Crippen LogP contribution in [0, 0.1) is 5.92 Å². The molecule has 0 radical (unpaired) electrons. The fourth-order valence-electron chi connectivity index (χ4n) is 2.77. The van der Waals surface area contributed by atoms with Crippen LogP contribution < -0.4 is 21.7 Å². The van der Waals surface area contributed by atoms with Crippen molar-refractivity contribution in [1.29, 1.82) is 0 Å². The molecule has 0 heterocycles. The number of rotatable bonds is 12. The third kappa shape index (κ3) is 8.39. The van der Waals surface area contributed by atoms with Crippen LogP contribution in [0.25, 0.3) is 0 Å². The lowest BCUT2D eigenvalue weighted by Gasteiger charge is -2.27. The highest BCUT2D eigenvalue weighted by molar-refractivity contribution is 7.80. The molecule has 11 heteroatoms. The Labute approximate surface area is 192 Å². The molecule has 32 heavy (non-hydrogen) atoms. The summed E-state index contributed by atoms with van der Waals surface area (Å²) in [6.07, 6.45) is 0.773. The molecule has 1 aromatic rings. The molecule has 7 N–H and O–H groups in total. The molecule has 1 aromatic carbocycles. The van der Waals surface area contributed by atoms with E-state index in [1.54, 1.807) is 19.1 Å². The van der Waals surface area contributed by atoms with E-state index in [-0.39, 0.29) is 23.8 Å². The first-order valence-corrected chi connectivity index (χ1v) is 10.9. The number of thiol groups is 1. The lowest BCUT2D eigenvalue weighted by atomic mass is 9.97. The maximum atomic E-state index is 12.9. The summed E-state index contributed by atoms with van der Waals surface area (Å²) in [5.41, 5.74) is 6.74. The molecule has 0 bridgehead atoms.